The number of halogens is 4. The van der Waals surface area contributed by atoms with Gasteiger partial charge in [0.25, 0.3) is 0 Å². The van der Waals surface area contributed by atoms with Gasteiger partial charge in [-0.1, -0.05) is 36.4 Å². The third-order valence-electron chi connectivity index (χ3n) is 5.78. The molecule has 2 N–H and O–H groups in total. The average Bonchev–Trinajstić information content (AvgIpc) is 3.36. The van der Waals surface area contributed by atoms with Crippen LogP contribution >= 0.6 is 0 Å². The van der Waals surface area contributed by atoms with Gasteiger partial charge in [-0.25, -0.2) is 14.2 Å². The lowest BCUT2D eigenvalue weighted by Crippen LogP contribution is -2.37. The van der Waals surface area contributed by atoms with Gasteiger partial charge in [-0.05, 0) is 36.6 Å². The number of hydrogen-bond donors (Lipinski definition) is 2. The summed E-state index contributed by atoms with van der Waals surface area (Å²) >= 11 is 0. The van der Waals surface area contributed by atoms with Gasteiger partial charge >= 0.3 is 12.1 Å². The molecule has 0 spiro atoms. The van der Waals surface area contributed by atoms with Gasteiger partial charge in [-0.3, -0.25) is 4.57 Å². The number of morpholine rings is 1. The van der Waals surface area contributed by atoms with E-state index < -0.39 is 12.1 Å². The molecule has 0 atom stereocenters. The van der Waals surface area contributed by atoms with Crippen molar-refractivity contribution in [3.8, 4) is 5.69 Å². The van der Waals surface area contributed by atoms with Crippen molar-refractivity contribution in [2.75, 3.05) is 43.1 Å². The molecule has 1 aliphatic heterocycles. The third-order valence-corrected chi connectivity index (χ3v) is 5.78. The number of nitrogens with one attached hydrogen (secondary N) is 1. The Morgan fingerprint density at radius 2 is 1.77 bits per heavy atom. The molecular weight excluding hydrogens is 520 g/mol. The highest BCUT2D eigenvalue weighted by atomic mass is 19.4. The Morgan fingerprint density at radius 1 is 1.05 bits per heavy atom. The topological polar surface area (TPSA) is 105 Å². The summed E-state index contributed by atoms with van der Waals surface area (Å²) in [5.74, 6) is -1.73. The molecule has 4 aromatic rings. The second kappa shape index (κ2) is 12.5. The van der Waals surface area contributed by atoms with E-state index in [2.05, 4.69) is 39.5 Å². The van der Waals surface area contributed by atoms with Gasteiger partial charge in [0.2, 0.25) is 5.95 Å². The third kappa shape index (κ3) is 7.41. The second-order valence-electron chi connectivity index (χ2n) is 8.56. The van der Waals surface area contributed by atoms with Crippen molar-refractivity contribution in [3.05, 3.63) is 72.3 Å². The van der Waals surface area contributed by atoms with Crippen molar-refractivity contribution in [2.45, 2.75) is 19.0 Å². The molecule has 0 aliphatic carbocycles. The van der Waals surface area contributed by atoms with Crippen molar-refractivity contribution >= 4 is 28.9 Å². The fraction of sp³-hybridized carbons (Fsp3) is 0.308. The molecule has 1 aliphatic rings. The van der Waals surface area contributed by atoms with Crippen LogP contribution in [0.1, 0.15) is 12.0 Å². The van der Waals surface area contributed by atoms with Crippen LogP contribution in [-0.4, -0.2) is 69.6 Å². The number of hydrogen-bond acceptors (Lipinski definition) is 7. The lowest BCUT2D eigenvalue weighted by molar-refractivity contribution is -0.192. The molecule has 0 radical (unpaired) electrons. The molecule has 0 amide bonds. The van der Waals surface area contributed by atoms with Gasteiger partial charge in [0, 0.05) is 19.6 Å². The van der Waals surface area contributed by atoms with E-state index in [-0.39, 0.29) is 5.82 Å². The smallest absolute Gasteiger partial charge is 0.475 e. The summed E-state index contributed by atoms with van der Waals surface area (Å²) in [5, 5.41) is 10.6. The minimum absolute atomic E-state index is 0.300. The molecule has 5 rings (SSSR count). The molecule has 9 nitrogen and oxygen atoms in total. The van der Waals surface area contributed by atoms with Crippen molar-refractivity contribution in [2.24, 2.45) is 0 Å². The molecule has 1 fully saturated rings. The zero-order valence-electron chi connectivity index (χ0n) is 20.7. The first kappa shape index (κ1) is 27.8. The number of fused-ring (bicyclic) bond motifs is 1. The molecular formula is C26H26F4N6O3. The highest BCUT2D eigenvalue weighted by Gasteiger charge is 2.38. The zero-order chi connectivity index (χ0) is 27.8. The van der Waals surface area contributed by atoms with E-state index in [0.29, 0.717) is 41.8 Å². The van der Waals surface area contributed by atoms with E-state index in [1.165, 1.54) is 17.7 Å². The van der Waals surface area contributed by atoms with Gasteiger partial charge in [-0.2, -0.15) is 23.1 Å². The number of carboxylic acids is 1. The summed E-state index contributed by atoms with van der Waals surface area (Å²) in [7, 11) is 0. The first-order valence-corrected chi connectivity index (χ1v) is 12.1. The van der Waals surface area contributed by atoms with Gasteiger partial charge in [0.15, 0.2) is 17.0 Å². The quantitative estimate of drug-likeness (QED) is 0.259. The van der Waals surface area contributed by atoms with Gasteiger partial charge in [0.1, 0.15) is 12.1 Å². The standard InChI is InChI=1S/C24H25FN6O.C2HF3O2/c25-19-9-4-10-20(16-19)31-17-27-21-22(26-11-5-8-18-6-2-1-3-7-18)28-24(29-23(21)31)30-12-14-32-15-13-30;3-2(4,5)1(6)7/h1-4,6-7,9-10,16-17H,5,8,11-15H2,(H,26,28,29);(H,6,7). The highest BCUT2D eigenvalue weighted by Crippen LogP contribution is 2.26. The number of carbonyl (C=O) groups is 1. The number of carboxylic acid groups (broad SMARTS) is 1. The van der Waals surface area contributed by atoms with Crippen LogP contribution in [0.15, 0.2) is 60.9 Å². The van der Waals surface area contributed by atoms with Gasteiger partial charge in [0.05, 0.1) is 18.9 Å². The Hall–Kier alpha value is -4.26. The van der Waals surface area contributed by atoms with E-state index in [4.69, 9.17) is 24.6 Å². The molecule has 206 valence electrons. The number of aliphatic carboxylic acids is 1. The molecule has 2 aromatic heterocycles. The summed E-state index contributed by atoms with van der Waals surface area (Å²) in [4.78, 5) is 25.2. The van der Waals surface area contributed by atoms with Crippen LogP contribution in [0.5, 0.6) is 0 Å². The number of aromatic nitrogens is 4. The number of anilines is 2. The Morgan fingerprint density at radius 3 is 2.44 bits per heavy atom. The Balaban J connectivity index is 0.000000448. The maximum absolute atomic E-state index is 13.9. The summed E-state index contributed by atoms with van der Waals surface area (Å²) in [6.07, 6.45) is -1.46. The zero-order valence-corrected chi connectivity index (χ0v) is 20.7. The fourth-order valence-electron chi connectivity index (χ4n) is 3.88. The van der Waals surface area contributed by atoms with Crippen LogP contribution in [0.2, 0.25) is 0 Å². The van der Waals surface area contributed by atoms with E-state index in [0.717, 1.165) is 32.5 Å². The maximum Gasteiger partial charge on any atom is 0.490 e. The van der Waals surface area contributed by atoms with Crippen LogP contribution in [0.4, 0.5) is 29.3 Å². The monoisotopic (exact) mass is 546 g/mol. The number of alkyl halides is 3. The maximum atomic E-state index is 13.9. The Bertz CT molecular complexity index is 1390. The number of imidazole rings is 1. The van der Waals surface area contributed by atoms with Gasteiger partial charge in [-0.15, -0.1) is 0 Å². The van der Waals surface area contributed by atoms with E-state index in [1.54, 1.807) is 17.0 Å². The van der Waals surface area contributed by atoms with Crippen LogP contribution in [0, 0.1) is 5.82 Å². The van der Waals surface area contributed by atoms with Crippen LogP contribution in [-0.2, 0) is 16.0 Å². The summed E-state index contributed by atoms with van der Waals surface area (Å²) in [6.45, 7) is 3.51. The number of benzene rings is 2. The number of nitrogens with zero attached hydrogens (tertiary/aromatic N) is 5. The highest BCUT2D eigenvalue weighted by molar-refractivity contribution is 5.85. The molecule has 0 saturated carbocycles. The van der Waals surface area contributed by atoms with Crippen LogP contribution < -0.4 is 10.2 Å². The molecule has 0 bridgehead atoms. The molecule has 13 heteroatoms. The van der Waals surface area contributed by atoms with E-state index in [9.17, 15) is 17.6 Å². The summed E-state index contributed by atoms with van der Waals surface area (Å²) in [6, 6.07) is 16.9. The fourth-order valence-corrected chi connectivity index (χ4v) is 3.88. The van der Waals surface area contributed by atoms with Crippen molar-refractivity contribution < 1.29 is 32.2 Å². The SMILES string of the molecule is Fc1cccc(-n2cnc3c(NCCCc4ccccc4)nc(N4CCOCC4)nc32)c1.O=C(O)C(F)(F)F. The average molecular weight is 547 g/mol. The first-order chi connectivity index (χ1) is 18.7. The predicted molar refractivity (Wildman–Crippen MR) is 137 cm³/mol. The minimum Gasteiger partial charge on any atom is -0.475 e. The number of aryl methyl sites for hydroxylation is 1. The van der Waals surface area contributed by atoms with Crippen molar-refractivity contribution in [3.63, 3.8) is 0 Å². The van der Waals surface area contributed by atoms with Crippen LogP contribution in [0.25, 0.3) is 16.9 Å². The lowest BCUT2D eigenvalue weighted by Gasteiger charge is -2.27. The molecule has 1 saturated heterocycles. The molecule has 2 aromatic carbocycles. The van der Waals surface area contributed by atoms with Gasteiger partial charge < -0.3 is 20.1 Å². The second-order valence-corrected chi connectivity index (χ2v) is 8.56. The van der Waals surface area contributed by atoms with Crippen LogP contribution in [0.3, 0.4) is 0 Å². The minimum atomic E-state index is -5.08. The van der Waals surface area contributed by atoms with Crippen molar-refractivity contribution in [1.29, 1.82) is 0 Å². The summed E-state index contributed by atoms with van der Waals surface area (Å²) < 4.78 is 52.9. The number of ether oxygens (including phenoxy) is 1. The normalized spacial score (nSPS) is 13.6. The Kier molecular flexibility index (Phi) is 8.92. The van der Waals surface area contributed by atoms with E-state index in [1.807, 2.05) is 12.1 Å². The molecule has 3 heterocycles. The largest absolute Gasteiger partial charge is 0.490 e. The molecule has 39 heavy (non-hydrogen) atoms. The summed E-state index contributed by atoms with van der Waals surface area (Å²) in [5.41, 5.74) is 3.31. The Labute approximate surface area is 221 Å². The first-order valence-electron chi connectivity index (χ1n) is 12.1. The number of rotatable bonds is 7. The van der Waals surface area contributed by atoms with Crippen molar-refractivity contribution in [1.82, 2.24) is 19.5 Å². The predicted octanol–water partition coefficient (Wildman–Crippen LogP) is 4.47. The lowest BCUT2D eigenvalue weighted by atomic mass is 10.1. The molecule has 0 unspecified atom stereocenters. The van der Waals surface area contributed by atoms with E-state index >= 15 is 0 Å².